The van der Waals surface area contributed by atoms with Crippen molar-refractivity contribution in [2.75, 3.05) is 24.5 Å². The number of carbonyl (C=O) groups is 1. The first kappa shape index (κ1) is 11.7. The number of benzene rings is 1. The number of nitrogens with zero attached hydrogens (tertiary/aromatic N) is 1. The zero-order chi connectivity index (χ0) is 12.4. The topological polar surface area (TPSA) is 32.3 Å². The number of aryl methyl sites for hydroxylation is 1. The predicted octanol–water partition coefficient (Wildman–Crippen LogP) is 1.97. The standard InChI is InChI=1S/C15H20N2O/c18-15(13-6-3-9-16-11-13)17-10-4-7-12-5-1-2-8-14(12)17/h1-2,5,8,13,16H,3-4,6-7,9-11H2/t13-/m0/s1. The van der Waals surface area contributed by atoms with E-state index in [0.717, 1.165) is 51.0 Å². The molecule has 1 N–H and O–H groups in total. The van der Waals surface area contributed by atoms with Gasteiger partial charge in [-0.25, -0.2) is 0 Å². The fourth-order valence-corrected chi connectivity index (χ4v) is 3.05. The van der Waals surface area contributed by atoms with Gasteiger partial charge in [-0.15, -0.1) is 0 Å². The van der Waals surface area contributed by atoms with Gasteiger partial charge in [-0.2, -0.15) is 0 Å². The predicted molar refractivity (Wildman–Crippen MR) is 72.7 cm³/mol. The van der Waals surface area contributed by atoms with Gasteiger partial charge in [-0.05, 0) is 43.9 Å². The summed E-state index contributed by atoms with van der Waals surface area (Å²) in [4.78, 5) is 14.6. The van der Waals surface area contributed by atoms with Crippen LogP contribution in [0, 0.1) is 5.92 Å². The normalized spacial score (nSPS) is 23.6. The Kier molecular flexibility index (Phi) is 3.33. The molecule has 2 aliphatic rings. The summed E-state index contributed by atoms with van der Waals surface area (Å²) in [6.07, 6.45) is 4.34. The monoisotopic (exact) mass is 244 g/mol. The number of piperidine rings is 1. The highest BCUT2D eigenvalue weighted by molar-refractivity contribution is 5.96. The molecule has 1 aromatic carbocycles. The molecular weight excluding hydrogens is 224 g/mol. The lowest BCUT2D eigenvalue weighted by atomic mass is 9.95. The fraction of sp³-hybridized carbons (Fsp3) is 0.533. The lowest BCUT2D eigenvalue weighted by Crippen LogP contribution is -2.45. The van der Waals surface area contributed by atoms with Gasteiger partial charge in [0.05, 0.1) is 5.92 Å². The highest BCUT2D eigenvalue weighted by Crippen LogP contribution is 2.28. The first-order valence-corrected chi connectivity index (χ1v) is 6.96. The molecule has 1 saturated heterocycles. The van der Waals surface area contributed by atoms with Crippen LogP contribution in [0.25, 0.3) is 0 Å². The average Bonchev–Trinajstić information content (AvgIpc) is 2.47. The van der Waals surface area contributed by atoms with Crippen LogP contribution in [0.15, 0.2) is 24.3 Å². The number of amides is 1. The van der Waals surface area contributed by atoms with Crippen LogP contribution >= 0.6 is 0 Å². The summed E-state index contributed by atoms with van der Waals surface area (Å²) in [5.41, 5.74) is 2.46. The second kappa shape index (κ2) is 5.11. The Morgan fingerprint density at radius 1 is 1.28 bits per heavy atom. The van der Waals surface area contributed by atoms with Crippen LogP contribution in [-0.2, 0) is 11.2 Å². The second-order valence-corrected chi connectivity index (χ2v) is 5.27. The molecule has 3 rings (SSSR count). The molecule has 18 heavy (non-hydrogen) atoms. The van der Waals surface area contributed by atoms with E-state index in [4.69, 9.17) is 0 Å². The van der Waals surface area contributed by atoms with Crippen LogP contribution in [0.1, 0.15) is 24.8 Å². The summed E-state index contributed by atoms with van der Waals surface area (Å²) < 4.78 is 0. The minimum atomic E-state index is 0.171. The SMILES string of the molecule is O=C([C@H]1CCCNC1)N1CCCc2ccccc21. The summed E-state index contributed by atoms with van der Waals surface area (Å²) in [5, 5.41) is 3.33. The lowest BCUT2D eigenvalue weighted by molar-refractivity contribution is -0.122. The zero-order valence-electron chi connectivity index (χ0n) is 10.7. The van der Waals surface area contributed by atoms with Crippen LogP contribution in [0.3, 0.4) is 0 Å². The van der Waals surface area contributed by atoms with Crippen molar-refractivity contribution in [3.8, 4) is 0 Å². The summed E-state index contributed by atoms with van der Waals surface area (Å²) in [6, 6.07) is 8.33. The van der Waals surface area contributed by atoms with Crippen molar-refractivity contribution in [1.82, 2.24) is 5.32 Å². The van der Waals surface area contributed by atoms with Gasteiger partial charge >= 0.3 is 0 Å². The van der Waals surface area contributed by atoms with E-state index in [2.05, 4.69) is 23.5 Å². The Labute approximate surface area is 108 Å². The van der Waals surface area contributed by atoms with Gasteiger partial charge in [0.25, 0.3) is 0 Å². The van der Waals surface area contributed by atoms with Gasteiger partial charge in [-0.3, -0.25) is 4.79 Å². The molecule has 0 radical (unpaired) electrons. The van der Waals surface area contributed by atoms with Crippen molar-refractivity contribution in [2.45, 2.75) is 25.7 Å². The molecule has 1 atom stereocenters. The smallest absolute Gasteiger partial charge is 0.231 e. The number of hydrogen-bond acceptors (Lipinski definition) is 2. The van der Waals surface area contributed by atoms with Gasteiger partial charge in [0.1, 0.15) is 0 Å². The molecule has 0 saturated carbocycles. The lowest BCUT2D eigenvalue weighted by Gasteiger charge is -2.33. The molecule has 3 nitrogen and oxygen atoms in total. The van der Waals surface area contributed by atoms with E-state index >= 15 is 0 Å². The molecular formula is C15H20N2O. The first-order chi connectivity index (χ1) is 8.86. The molecule has 0 bridgehead atoms. The Morgan fingerprint density at radius 3 is 3.00 bits per heavy atom. The van der Waals surface area contributed by atoms with Crippen molar-refractivity contribution in [2.24, 2.45) is 5.92 Å². The molecule has 3 heteroatoms. The van der Waals surface area contributed by atoms with Crippen molar-refractivity contribution < 1.29 is 4.79 Å². The van der Waals surface area contributed by atoms with Gasteiger partial charge < -0.3 is 10.2 Å². The number of hydrogen-bond donors (Lipinski definition) is 1. The van der Waals surface area contributed by atoms with E-state index in [1.54, 1.807) is 0 Å². The number of para-hydroxylation sites is 1. The van der Waals surface area contributed by atoms with Crippen LogP contribution in [0.4, 0.5) is 5.69 Å². The van der Waals surface area contributed by atoms with E-state index in [1.165, 1.54) is 5.56 Å². The number of anilines is 1. The van der Waals surface area contributed by atoms with E-state index < -0.39 is 0 Å². The van der Waals surface area contributed by atoms with Crippen molar-refractivity contribution >= 4 is 11.6 Å². The molecule has 1 aromatic rings. The van der Waals surface area contributed by atoms with Crippen molar-refractivity contribution in [3.63, 3.8) is 0 Å². The summed E-state index contributed by atoms with van der Waals surface area (Å²) in [6.45, 7) is 2.78. The summed E-state index contributed by atoms with van der Waals surface area (Å²) >= 11 is 0. The average molecular weight is 244 g/mol. The van der Waals surface area contributed by atoms with Crippen LogP contribution in [0.5, 0.6) is 0 Å². The Morgan fingerprint density at radius 2 is 2.17 bits per heavy atom. The maximum atomic E-state index is 12.6. The Hall–Kier alpha value is -1.35. The zero-order valence-corrected chi connectivity index (χ0v) is 10.7. The summed E-state index contributed by atoms with van der Waals surface area (Å²) in [5.74, 6) is 0.485. The third-order valence-corrected chi connectivity index (χ3v) is 4.02. The molecule has 1 fully saturated rings. The van der Waals surface area contributed by atoms with Gasteiger partial charge in [-0.1, -0.05) is 18.2 Å². The quantitative estimate of drug-likeness (QED) is 0.819. The summed E-state index contributed by atoms with van der Waals surface area (Å²) in [7, 11) is 0. The molecule has 2 heterocycles. The Balaban J connectivity index is 1.82. The van der Waals surface area contributed by atoms with E-state index in [9.17, 15) is 4.79 Å². The maximum Gasteiger partial charge on any atom is 0.231 e. The van der Waals surface area contributed by atoms with E-state index in [1.807, 2.05) is 11.0 Å². The minimum absolute atomic E-state index is 0.171. The molecule has 96 valence electrons. The number of carbonyl (C=O) groups excluding carboxylic acids is 1. The Bertz CT molecular complexity index is 438. The third-order valence-electron chi connectivity index (χ3n) is 4.02. The van der Waals surface area contributed by atoms with E-state index in [0.29, 0.717) is 5.91 Å². The van der Waals surface area contributed by atoms with Crippen LogP contribution in [0.2, 0.25) is 0 Å². The molecule has 0 aromatic heterocycles. The van der Waals surface area contributed by atoms with Crippen LogP contribution < -0.4 is 10.2 Å². The van der Waals surface area contributed by atoms with Crippen molar-refractivity contribution in [3.05, 3.63) is 29.8 Å². The van der Waals surface area contributed by atoms with Crippen LogP contribution in [-0.4, -0.2) is 25.5 Å². The number of rotatable bonds is 1. The maximum absolute atomic E-state index is 12.6. The molecule has 0 unspecified atom stereocenters. The molecule has 1 amide bonds. The molecule has 0 aliphatic carbocycles. The minimum Gasteiger partial charge on any atom is -0.316 e. The largest absolute Gasteiger partial charge is 0.316 e. The fourth-order valence-electron chi connectivity index (χ4n) is 3.05. The number of nitrogens with one attached hydrogen (secondary N) is 1. The van der Waals surface area contributed by atoms with Gasteiger partial charge in [0.2, 0.25) is 5.91 Å². The third kappa shape index (κ3) is 2.15. The second-order valence-electron chi connectivity index (χ2n) is 5.27. The first-order valence-electron chi connectivity index (χ1n) is 6.96. The van der Waals surface area contributed by atoms with Gasteiger partial charge in [0, 0.05) is 18.8 Å². The highest BCUT2D eigenvalue weighted by atomic mass is 16.2. The number of fused-ring (bicyclic) bond motifs is 1. The highest BCUT2D eigenvalue weighted by Gasteiger charge is 2.29. The molecule has 0 spiro atoms. The van der Waals surface area contributed by atoms with Crippen molar-refractivity contribution in [1.29, 1.82) is 0 Å². The van der Waals surface area contributed by atoms with E-state index in [-0.39, 0.29) is 5.92 Å². The molecule has 2 aliphatic heterocycles. The van der Waals surface area contributed by atoms with Gasteiger partial charge in [0.15, 0.2) is 0 Å².